The van der Waals surface area contributed by atoms with E-state index in [0.29, 0.717) is 17.5 Å². The molecule has 0 bridgehead atoms. The van der Waals surface area contributed by atoms with E-state index in [1.807, 2.05) is 42.5 Å². The van der Waals surface area contributed by atoms with Gasteiger partial charge in [0.15, 0.2) is 11.2 Å². The standard InChI is InChI=1S/C22H21ClN6O3/c1-27-19-18(20(30)28(2)22(27)31)29(13-15-5-4-6-16(23)11-15)21(25-19)26-24-12-14-7-9-17(32-3)10-8-14/h4-12H,13H2,1-3H3,(H,25,26)/b24-12-. The van der Waals surface area contributed by atoms with E-state index < -0.39 is 11.2 Å². The van der Waals surface area contributed by atoms with Crippen molar-refractivity contribution >= 4 is 34.9 Å². The van der Waals surface area contributed by atoms with Gasteiger partial charge in [-0.05, 0) is 47.5 Å². The zero-order valence-corrected chi connectivity index (χ0v) is 18.5. The normalized spacial score (nSPS) is 11.4. The first-order chi connectivity index (χ1) is 15.4. The molecule has 0 spiro atoms. The van der Waals surface area contributed by atoms with E-state index in [4.69, 9.17) is 16.3 Å². The van der Waals surface area contributed by atoms with Crippen LogP contribution in [0.5, 0.6) is 5.75 Å². The maximum Gasteiger partial charge on any atom is 0.332 e. The molecule has 4 rings (SSSR count). The lowest BCUT2D eigenvalue weighted by atomic mass is 10.2. The molecule has 1 N–H and O–H groups in total. The summed E-state index contributed by atoms with van der Waals surface area (Å²) in [4.78, 5) is 29.8. The van der Waals surface area contributed by atoms with Gasteiger partial charge in [-0.3, -0.25) is 18.5 Å². The number of fused-ring (bicyclic) bond motifs is 1. The number of halogens is 1. The Morgan fingerprint density at radius 2 is 1.88 bits per heavy atom. The maximum absolute atomic E-state index is 12.9. The minimum absolute atomic E-state index is 0.266. The number of ether oxygens (including phenoxy) is 1. The van der Waals surface area contributed by atoms with Crippen molar-refractivity contribution in [3.63, 3.8) is 0 Å². The number of rotatable bonds is 6. The van der Waals surface area contributed by atoms with Gasteiger partial charge in [0.25, 0.3) is 5.56 Å². The van der Waals surface area contributed by atoms with E-state index in [2.05, 4.69) is 15.5 Å². The van der Waals surface area contributed by atoms with Crippen LogP contribution in [-0.2, 0) is 20.6 Å². The summed E-state index contributed by atoms with van der Waals surface area (Å²) in [5.41, 5.74) is 4.28. The Bertz CT molecular complexity index is 1430. The number of methoxy groups -OCH3 is 1. The van der Waals surface area contributed by atoms with E-state index in [9.17, 15) is 9.59 Å². The molecule has 0 amide bonds. The monoisotopic (exact) mass is 452 g/mol. The number of anilines is 1. The number of aryl methyl sites for hydroxylation is 1. The summed E-state index contributed by atoms with van der Waals surface area (Å²) in [6.07, 6.45) is 1.62. The highest BCUT2D eigenvalue weighted by molar-refractivity contribution is 6.30. The molecule has 0 atom stereocenters. The van der Waals surface area contributed by atoms with Crippen LogP contribution >= 0.6 is 11.6 Å². The first kappa shape index (κ1) is 21.4. The molecule has 2 aromatic heterocycles. The topological polar surface area (TPSA) is 95.4 Å². The maximum atomic E-state index is 12.9. The summed E-state index contributed by atoms with van der Waals surface area (Å²) in [6, 6.07) is 14.7. The number of nitrogens with one attached hydrogen (secondary N) is 1. The smallest absolute Gasteiger partial charge is 0.332 e. The summed E-state index contributed by atoms with van der Waals surface area (Å²) in [5.74, 6) is 1.07. The van der Waals surface area contributed by atoms with E-state index in [-0.39, 0.29) is 11.2 Å². The van der Waals surface area contributed by atoms with Gasteiger partial charge in [-0.25, -0.2) is 10.2 Å². The lowest BCUT2D eigenvalue weighted by Crippen LogP contribution is -2.37. The summed E-state index contributed by atoms with van der Waals surface area (Å²) < 4.78 is 9.24. The van der Waals surface area contributed by atoms with Crippen LogP contribution in [0.4, 0.5) is 5.95 Å². The molecular formula is C22H21ClN6O3. The molecule has 9 nitrogen and oxygen atoms in total. The van der Waals surface area contributed by atoms with E-state index >= 15 is 0 Å². The quantitative estimate of drug-likeness (QED) is 0.358. The van der Waals surface area contributed by atoms with Crippen molar-refractivity contribution in [3.05, 3.63) is 85.5 Å². The van der Waals surface area contributed by atoms with Gasteiger partial charge >= 0.3 is 5.69 Å². The number of aromatic nitrogens is 4. The predicted octanol–water partition coefficient (Wildman–Crippen LogP) is 2.59. The molecule has 0 saturated heterocycles. The highest BCUT2D eigenvalue weighted by atomic mass is 35.5. The second-order valence-corrected chi connectivity index (χ2v) is 7.61. The third kappa shape index (κ3) is 4.02. The van der Waals surface area contributed by atoms with Crippen LogP contribution in [0, 0.1) is 0 Å². The molecule has 0 unspecified atom stereocenters. The third-order valence-electron chi connectivity index (χ3n) is 5.07. The van der Waals surface area contributed by atoms with Crippen LogP contribution in [0.3, 0.4) is 0 Å². The Kier molecular flexibility index (Phi) is 5.83. The first-order valence-electron chi connectivity index (χ1n) is 9.73. The van der Waals surface area contributed by atoms with Crippen molar-refractivity contribution in [1.82, 2.24) is 18.7 Å². The van der Waals surface area contributed by atoms with Gasteiger partial charge in [0.1, 0.15) is 5.75 Å². The van der Waals surface area contributed by atoms with Gasteiger partial charge < -0.3 is 4.74 Å². The number of nitrogens with zero attached hydrogens (tertiary/aromatic N) is 5. The molecule has 2 heterocycles. The molecule has 0 aliphatic carbocycles. The van der Waals surface area contributed by atoms with Crippen LogP contribution in [-0.4, -0.2) is 32.0 Å². The molecule has 10 heteroatoms. The zero-order chi connectivity index (χ0) is 22.8. The van der Waals surface area contributed by atoms with Crippen molar-refractivity contribution in [1.29, 1.82) is 0 Å². The van der Waals surface area contributed by atoms with E-state index in [1.165, 1.54) is 11.6 Å². The number of hydrazone groups is 1. The second kappa shape index (κ2) is 8.72. The Morgan fingerprint density at radius 1 is 1.12 bits per heavy atom. The van der Waals surface area contributed by atoms with Gasteiger partial charge in [-0.1, -0.05) is 23.7 Å². The molecule has 0 saturated carbocycles. The summed E-state index contributed by atoms with van der Waals surface area (Å²) in [7, 11) is 4.62. The number of hydrogen-bond donors (Lipinski definition) is 1. The molecule has 2 aromatic carbocycles. The Morgan fingerprint density at radius 3 is 2.56 bits per heavy atom. The Balaban J connectivity index is 1.78. The lowest BCUT2D eigenvalue weighted by Gasteiger charge is -2.09. The van der Waals surface area contributed by atoms with Crippen molar-refractivity contribution in [3.8, 4) is 5.75 Å². The molecule has 164 valence electrons. The average Bonchev–Trinajstić information content (AvgIpc) is 3.15. The van der Waals surface area contributed by atoms with Gasteiger partial charge in [-0.2, -0.15) is 10.1 Å². The highest BCUT2D eigenvalue weighted by Gasteiger charge is 2.19. The Labute approximate surface area is 188 Å². The Hall–Kier alpha value is -3.85. The fraction of sp³-hybridized carbons (Fsp3) is 0.182. The van der Waals surface area contributed by atoms with Gasteiger partial charge in [0, 0.05) is 19.1 Å². The van der Waals surface area contributed by atoms with Crippen molar-refractivity contribution < 1.29 is 4.74 Å². The van der Waals surface area contributed by atoms with Crippen LogP contribution in [0.2, 0.25) is 5.02 Å². The van der Waals surface area contributed by atoms with Gasteiger partial charge in [-0.15, -0.1) is 0 Å². The number of hydrogen-bond acceptors (Lipinski definition) is 6. The molecule has 0 fully saturated rings. The first-order valence-corrected chi connectivity index (χ1v) is 10.1. The SMILES string of the molecule is COc1ccc(/C=N\Nc2nc3c(c(=O)n(C)c(=O)n3C)n2Cc2cccc(Cl)c2)cc1. The van der Waals surface area contributed by atoms with Crippen molar-refractivity contribution in [2.75, 3.05) is 12.5 Å². The van der Waals surface area contributed by atoms with Crippen LogP contribution in [0.1, 0.15) is 11.1 Å². The van der Waals surface area contributed by atoms with Crippen LogP contribution in [0.25, 0.3) is 11.2 Å². The second-order valence-electron chi connectivity index (χ2n) is 7.17. The molecule has 0 aliphatic rings. The van der Waals surface area contributed by atoms with E-state index in [0.717, 1.165) is 21.4 Å². The summed E-state index contributed by atoms with van der Waals surface area (Å²) >= 11 is 6.13. The molecule has 32 heavy (non-hydrogen) atoms. The zero-order valence-electron chi connectivity index (χ0n) is 17.7. The van der Waals surface area contributed by atoms with Crippen LogP contribution < -0.4 is 21.4 Å². The highest BCUT2D eigenvalue weighted by Crippen LogP contribution is 2.20. The number of imidazole rings is 1. The largest absolute Gasteiger partial charge is 0.497 e. The van der Waals surface area contributed by atoms with Gasteiger partial charge in [0.05, 0.1) is 19.9 Å². The average molecular weight is 453 g/mol. The van der Waals surface area contributed by atoms with E-state index in [1.54, 1.807) is 31.0 Å². The fourth-order valence-corrected chi connectivity index (χ4v) is 3.57. The summed E-state index contributed by atoms with van der Waals surface area (Å²) in [6.45, 7) is 0.310. The lowest BCUT2D eigenvalue weighted by molar-refractivity contribution is 0.415. The molecular weight excluding hydrogens is 432 g/mol. The third-order valence-corrected chi connectivity index (χ3v) is 5.31. The van der Waals surface area contributed by atoms with Gasteiger partial charge in [0.2, 0.25) is 5.95 Å². The van der Waals surface area contributed by atoms with Crippen molar-refractivity contribution in [2.45, 2.75) is 6.54 Å². The molecule has 4 aromatic rings. The van der Waals surface area contributed by atoms with Crippen molar-refractivity contribution in [2.24, 2.45) is 19.2 Å². The number of benzene rings is 2. The molecule has 0 radical (unpaired) electrons. The minimum atomic E-state index is -0.455. The summed E-state index contributed by atoms with van der Waals surface area (Å²) in [5, 5.41) is 4.85. The predicted molar refractivity (Wildman–Crippen MR) is 125 cm³/mol. The fourth-order valence-electron chi connectivity index (χ4n) is 3.36. The van der Waals surface area contributed by atoms with Crippen LogP contribution in [0.15, 0.2) is 63.2 Å². The minimum Gasteiger partial charge on any atom is -0.497 e. The molecule has 0 aliphatic heterocycles.